The van der Waals surface area contributed by atoms with Crippen LogP contribution in [-0.2, 0) is 20.2 Å². The summed E-state index contributed by atoms with van der Waals surface area (Å²) in [6.07, 6.45) is 0. The summed E-state index contributed by atoms with van der Waals surface area (Å²) in [4.78, 5) is 1.35. The number of aromatic nitrogens is 4. The second kappa shape index (κ2) is 6.17. The third-order valence-corrected chi connectivity index (χ3v) is 2.67. The summed E-state index contributed by atoms with van der Waals surface area (Å²) in [5.41, 5.74) is 0.795. The number of nitrogens with zero attached hydrogens (tertiary/aromatic N) is 4. The lowest BCUT2D eigenvalue weighted by atomic mass is 10.1. The average molecular weight is 293 g/mol. The predicted octanol–water partition coefficient (Wildman–Crippen LogP) is 1.82. The second-order valence-electron chi connectivity index (χ2n) is 5.88. The zero-order chi connectivity index (χ0) is 15.5. The summed E-state index contributed by atoms with van der Waals surface area (Å²) in [6, 6.07) is 4.64. The Kier molecular flexibility index (Phi) is 4.52. The zero-order valence-corrected chi connectivity index (χ0v) is 12.7. The van der Waals surface area contributed by atoms with Gasteiger partial charge in [0.2, 0.25) is 5.82 Å². The van der Waals surface area contributed by atoms with Crippen LogP contribution < -0.4 is 10.1 Å². The van der Waals surface area contributed by atoms with Gasteiger partial charge in [-0.05, 0) is 43.7 Å². The van der Waals surface area contributed by atoms with Gasteiger partial charge in [0.25, 0.3) is 0 Å². The Morgan fingerprint density at radius 2 is 2.05 bits per heavy atom. The van der Waals surface area contributed by atoms with E-state index in [4.69, 9.17) is 4.74 Å². The molecule has 7 heteroatoms. The molecule has 1 N–H and O–H groups in total. The zero-order valence-electron chi connectivity index (χ0n) is 12.7. The molecule has 1 heterocycles. The SMILES string of the molecule is Cn1nnc(COc2cc(F)cc(CNC(C)(C)C)c2)n1. The van der Waals surface area contributed by atoms with Crippen LogP contribution in [0.1, 0.15) is 32.2 Å². The number of hydrogen-bond acceptors (Lipinski definition) is 5. The maximum atomic E-state index is 13.6. The standard InChI is InChI=1S/C14H20FN5O/c1-14(2,3)16-8-10-5-11(15)7-12(6-10)21-9-13-17-19-20(4)18-13/h5-7,16H,8-9H2,1-4H3. The van der Waals surface area contributed by atoms with Crippen molar-refractivity contribution in [2.45, 2.75) is 39.5 Å². The molecule has 21 heavy (non-hydrogen) atoms. The van der Waals surface area contributed by atoms with Gasteiger partial charge in [0.15, 0.2) is 6.61 Å². The number of rotatable bonds is 5. The fraction of sp³-hybridized carbons (Fsp3) is 0.500. The van der Waals surface area contributed by atoms with Gasteiger partial charge in [-0.3, -0.25) is 0 Å². The lowest BCUT2D eigenvalue weighted by molar-refractivity contribution is 0.293. The van der Waals surface area contributed by atoms with Gasteiger partial charge < -0.3 is 10.1 Å². The molecule has 1 aromatic heterocycles. The molecule has 0 fully saturated rings. The molecule has 2 aromatic rings. The van der Waals surface area contributed by atoms with Gasteiger partial charge in [0, 0.05) is 18.2 Å². The van der Waals surface area contributed by atoms with Crippen molar-refractivity contribution in [2.24, 2.45) is 7.05 Å². The van der Waals surface area contributed by atoms with Crippen molar-refractivity contribution < 1.29 is 9.13 Å². The molecule has 2 rings (SSSR count). The van der Waals surface area contributed by atoms with Crippen molar-refractivity contribution >= 4 is 0 Å². The normalized spacial score (nSPS) is 11.7. The van der Waals surface area contributed by atoms with E-state index in [-0.39, 0.29) is 18.0 Å². The van der Waals surface area contributed by atoms with Crippen molar-refractivity contribution in [3.8, 4) is 5.75 Å². The quantitative estimate of drug-likeness (QED) is 0.911. The molecule has 0 aliphatic carbocycles. The minimum absolute atomic E-state index is 0.0309. The summed E-state index contributed by atoms with van der Waals surface area (Å²) in [5.74, 6) is 0.578. The molecular formula is C14H20FN5O. The van der Waals surface area contributed by atoms with Crippen LogP contribution in [0.5, 0.6) is 5.75 Å². The van der Waals surface area contributed by atoms with E-state index in [1.165, 1.54) is 16.9 Å². The smallest absolute Gasteiger partial charge is 0.212 e. The first-order valence-electron chi connectivity index (χ1n) is 6.72. The van der Waals surface area contributed by atoms with Crippen molar-refractivity contribution in [2.75, 3.05) is 0 Å². The van der Waals surface area contributed by atoms with Crippen LogP contribution in [-0.4, -0.2) is 25.7 Å². The van der Waals surface area contributed by atoms with Crippen LogP contribution in [0.3, 0.4) is 0 Å². The monoisotopic (exact) mass is 293 g/mol. The van der Waals surface area contributed by atoms with E-state index in [0.717, 1.165) is 5.56 Å². The van der Waals surface area contributed by atoms with E-state index >= 15 is 0 Å². The number of nitrogens with one attached hydrogen (secondary N) is 1. The first-order valence-corrected chi connectivity index (χ1v) is 6.72. The number of halogens is 1. The maximum absolute atomic E-state index is 13.6. The van der Waals surface area contributed by atoms with Gasteiger partial charge in [-0.2, -0.15) is 4.80 Å². The summed E-state index contributed by atoms with van der Waals surface area (Å²) < 4.78 is 19.1. The predicted molar refractivity (Wildman–Crippen MR) is 76.1 cm³/mol. The fourth-order valence-corrected chi connectivity index (χ4v) is 1.70. The molecule has 0 aliphatic rings. The Labute approximate surface area is 123 Å². The van der Waals surface area contributed by atoms with E-state index in [9.17, 15) is 4.39 Å². The molecule has 0 saturated heterocycles. The van der Waals surface area contributed by atoms with Crippen LogP contribution in [0.4, 0.5) is 4.39 Å². The van der Waals surface area contributed by atoms with Crippen molar-refractivity contribution in [3.63, 3.8) is 0 Å². The van der Waals surface area contributed by atoms with Crippen LogP contribution >= 0.6 is 0 Å². The molecular weight excluding hydrogens is 273 g/mol. The summed E-state index contributed by atoms with van der Waals surface area (Å²) in [7, 11) is 1.68. The minimum Gasteiger partial charge on any atom is -0.485 e. The summed E-state index contributed by atoms with van der Waals surface area (Å²) in [5, 5.41) is 14.8. The number of tetrazole rings is 1. The first kappa shape index (κ1) is 15.4. The molecule has 0 saturated carbocycles. The van der Waals surface area contributed by atoms with E-state index in [2.05, 4.69) is 41.5 Å². The Morgan fingerprint density at radius 1 is 1.29 bits per heavy atom. The number of aryl methyl sites for hydroxylation is 1. The van der Waals surface area contributed by atoms with Crippen LogP contribution in [0.2, 0.25) is 0 Å². The molecule has 0 unspecified atom stereocenters. The fourth-order valence-electron chi connectivity index (χ4n) is 1.70. The van der Waals surface area contributed by atoms with E-state index in [1.807, 2.05) is 0 Å². The molecule has 0 spiro atoms. The Morgan fingerprint density at radius 3 is 2.67 bits per heavy atom. The molecule has 0 amide bonds. The minimum atomic E-state index is -0.328. The Balaban J connectivity index is 2.01. The van der Waals surface area contributed by atoms with Gasteiger partial charge >= 0.3 is 0 Å². The first-order chi connectivity index (χ1) is 9.82. The second-order valence-corrected chi connectivity index (χ2v) is 5.88. The third kappa shape index (κ3) is 5.11. The average Bonchev–Trinajstić information content (AvgIpc) is 2.79. The molecule has 0 bridgehead atoms. The molecule has 1 aromatic carbocycles. The summed E-state index contributed by atoms with van der Waals surface area (Å²) in [6.45, 7) is 6.90. The molecule has 114 valence electrons. The Bertz CT molecular complexity index is 606. The van der Waals surface area contributed by atoms with Gasteiger partial charge in [-0.1, -0.05) is 0 Å². The van der Waals surface area contributed by atoms with Crippen LogP contribution in [0.15, 0.2) is 18.2 Å². The van der Waals surface area contributed by atoms with Crippen LogP contribution in [0.25, 0.3) is 0 Å². The third-order valence-electron chi connectivity index (χ3n) is 2.67. The maximum Gasteiger partial charge on any atom is 0.212 e. The lowest BCUT2D eigenvalue weighted by Crippen LogP contribution is -2.35. The molecule has 0 atom stereocenters. The number of ether oxygens (including phenoxy) is 1. The topological polar surface area (TPSA) is 64.9 Å². The Hall–Kier alpha value is -2.02. The van der Waals surface area contributed by atoms with Gasteiger partial charge in [-0.15, -0.1) is 10.2 Å². The van der Waals surface area contributed by atoms with E-state index < -0.39 is 0 Å². The molecule has 0 aliphatic heterocycles. The molecule has 0 radical (unpaired) electrons. The van der Waals surface area contributed by atoms with Gasteiger partial charge in [-0.25, -0.2) is 4.39 Å². The van der Waals surface area contributed by atoms with Gasteiger partial charge in [0.05, 0.1) is 7.05 Å². The van der Waals surface area contributed by atoms with E-state index in [1.54, 1.807) is 13.1 Å². The van der Waals surface area contributed by atoms with Crippen molar-refractivity contribution in [1.82, 2.24) is 25.5 Å². The van der Waals surface area contributed by atoms with E-state index in [0.29, 0.717) is 18.1 Å². The highest BCUT2D eigenvalue weighted by atomic mass is 19.1. The van der Waals surface area contributed by atoms with Crippen molar-refractivity contribution in [3.05, 3.63) is 35.4 Å². The molecule has 6 nitrogen and oxygen atoms in total. The largest absolute Gasteiger partial charge is 0.485 e. The van der Waals surface area contributed by atoms with Crippen molar-refractivity contribution in [1.29, 1.82) is 0 Å². The highest BCUT2D eigenvalue weighted by molar-refractivity contribution is 5.29. The number of hydrogen-bond donors (Lipinski definition) is 1. The highest BCUT2D eigenvalue weighted by Gasteiger charge is 2.10. The summed E-state index contributed by atoms with van der Waals surface area (Å²) >= 11 is 0. The number of benzene rings is 1. The van der Waals surface area contributed by atoms with Crippen LogP contribution in [0, 0.1) is 5.82 Å². The van der Waals surface area contributed by atoms with Gasteiger partial charge in [0.1, 0.15) is 11.6 Å². The lowest BCUT2D eigenvalue weighted by Gasteiger charge is -2.20. The highest BCUT2D eigenvalue weighted by Crippen LogP contribution is 2.18.